The monoisotopic (exact) mass is 237 g/mol. The maximum absolute atomic E-state index is 12.1. The van der Waals surface area contributed by atoms with Gasteiger partial charge in [0.15, 0.2) is 0 Å². The Kier molecular flexibility index (Phi) is 2.78. The highest BCUT2D eigenvalue weighted by Gasteiger charge is 2.42. The lowest BCUT2D eigenvalue weighted by molar-refractivity contribution is -0.135. The molecule has 0 aromatic heterocycles. The molecule has 3 aliphatic rings. The molecule has 17 heavy (non-hydrogen) atoms. The van der Waals surface area contributed by atoms with Crippen LogP contribution in [0.25, 0.3) is 0 Å². The molecule has 5 nitrogen and oxygen atoms in total. The van der Waals surface area contributed by atoms with Crippen LogP contribution in [0.15, 0.2) is 0 Å². The number of fused-ring (bicyclic) bond motifs is 1. The molecule has 1 aliphatic carbocycles. The van der Waals surface area contributed by atoms with Gasteiger partial charge in [-0.05, 0) is 25.7 Å². The molecule has 0 aromatic rings. The topological polar surface area (TPSA) is 61.4 Å². The lowest BCUT2D eigenvalue weighted by atomic mass is 9.91. The summed E-state index contributed by atoms with van der Waals surface area (Å²) in [6.07, 6.45) is 4.26. The Balaban J connectivity index is 1.60. The normalized spacial score (nSPS) is 32.2. The van der Waals surface area contributed by atoms with Gasteiger partial charge >= 0.3 is 0 Å². The van der Waals surface area contributed by atoms with E-state index in [1.165, 1.54) is 12.8 Å². The van der Waals surface area contributed by atoms with Gasteiger partial charge in [-0.1, -0.05) is 0 Å². The molecule has 5 heteroatoms. The van der Waals surface area contributed by atoms with E-state index in [9.17, 15) is 9.59 Å². The molecule has 2 atom stereocenters. The first kappa shape index (κ1) is 11.0. The summed E-state index contributed by atoms with van der Waals surface area (Å²) >= 11 is 0. The van der Waals surface area contributed by atoms with E-state index in [0.717, 1.165) is 19.4 Å². The first-order valence-electron chi connectivity index (χ1n) is 6.56. The van der Waals surface area contributed by atoms with Crippen LogP contribution >= 0.6 is 0 Å². The zero-order valence-corrected chi connectivity index (χ0v) is 9.95. The lowest BCUT2D eigenvalue weighted by Gasteiger charge is -2.36. The van der Waals surface area contributed by atoms with Crippen molar-refractivity contribution in [3.05, 3.63) is 0 Å². The van der Waals surface area contributed by atoms with Gasteiger partial charge in [0.2, 0.25) is 11.8 Å². The number of nitrogens with zero attached hydrogens (tertiary/aromatic N) is 1. The van der Waals surface area contributed by atoms with Crippen LogP contribution in [0.3, 0.4) is 0 Å². The van der Waals surface area contributed by atoms with E-state index in [1.54, 1.807) is 0 Å². The zero-order valence-electron chi connectivity index (χ0n) is 9.95. The summed E-state index contributed by atoms with van der Waals surface area (Å²) in [5.41, 5.74) is 0. The van der Waals surface area contributed by atoms with E-state index >= 15 is 0 Å². The molecule has 0 spiro atoms. The Morgan fingerprint density at radius 2 is 2.24 bits per heavy atom. The molecule has 2 heterocycles. The van der Waals surface area contributed by atoms with E-state index in [0.29, 0.717) is 19.1 Å². The van der Waals surface area contributed by atoms with E-state index in [4.69, 9.17) is 0 Å². The summed E-state index contributed by atoms with van der Waals surface area (Å²) in [7, 11) is 0. The largest absolute Gasteiger partial charge is 0.354 e. The molecule has 2 amide bonds. The number of carbonyl (C=O) groups is 2. The van der Waals surface area contributed by atoms with Crippen LogP contribution in [0, 0.1) is 5.92 Å². The quantitative estimate of drug-likeness (QED) is 0.694. The molecular weight excluding hydrogens is 218 g/mol. The van der Waals surface area contributed by atoms with Crippen molar-refractivity contribution in [1.82, 2.24) is 15.5 Å². The van der Waals surface area contributed by atoms with Gasteiger partial charge in [0.1, 0.15) is 0 Å². The fourth-order valence-electron chi connectivity index (χ4n) is 2.88. The van der Waals surface area contributed by atoms with Crippen molar-refractivity contribution in [2.75, 3.05) is 19.6 Å². The molecule has 2 saturated heterocycles. The third kappa shape index (κ3) is 2.16. The van der Waals surface area contributed by atoms with E-state index in [2.05, 4.69) is 10.6 Å². The predicted molar refractivity (Wildman–Crippen MR) is 62.3 cm³/mol. The fraction of sp³-hybridized carbons (Fsp3) is 0.833. The number of rotatable bonds is 3. The van der Waals surface area contributed by atoms with Gasteiger partial charge in [-0.15, -0.1) is 0 Å². The van der Waals surface area contributed by atoms with Gasteiger partial charge < -0.3 is 15.5 Å². The molecule has 0 aromatic carbocycles. The van der Waals surface area contributed by atoms with Crippen molar-refractivity contribution in [3.63, 3.8) is 0 Å². The first-order chi connectivity index (χ1) is 8.25. The molecule has 1 saturated carbocycles. The van der Waals surface area contributed by atoms with Crippen LogP contribution in [0.1, 0.15) is 25.7 Å². The highest BCUT2D eigenvalue weighted by atomic mass is 16.2. The van der Waals surface area contributed by atoms with Crippen molar-refractivity contribution >= 4 is 11.8 Å². The number of amides is 2. The maximum Gasteiger partial charge on any atom is 0.236 e. The second-order valence-corrected chi connectivity index (χ2v) is 5.30. The Hall–Kier alpha value is -1.10. The number of hydrogen-bond acceptors (Lipinski definition) is 3. The lowest BCUT2D eigenvalue weighted by Crippen LogP contribution is -2.51. The highest BCUT2D eigenvalue weighted by Crippen LogP contribution is 2.27. The van der Waals surface area contributed by atoms with E-state index < -0.39 is 0 Å². The molecule has 3 fully saturated rings. The minimum atomic E-state index is 0.0358. The predicted octanol–water partition coefficient (Wildman–Crippen LogP) is -0.525. The number of piperidine rings is 1. The van der Waals surface area contributed by atoms with Crippen molar-refractivity contribution in [2.45, 2.75) is 37.8 Å². The van der Waals surface area contributed by atoms with Crippen LogP contribution < -0.4 is 10.6 Å². The van der Waals surface area contributed by atoms with Crippen molar-refractivity contribution in [1.29, 1.82) is 0 Å². The Bertz CT molecular complexity index is 341. The minimum absolute atomic E-state index is 0.0358. The molecule has 2 unspecified atom stereocenters. The van der Waals surface area contributed by atoms with Crippen molar-refractivity contribution in [3.8, 4) is 0 Å². The van der Waals surface area contributed by atoms with Gasteiger partial charge in [0, 0.05) is 19.1 Å². The molecule has 94 valence electrons. The van der Waals surface area contributed by atoms with Crippen LogP contribution in [-0.4, -0.2) is 48.4 Å². The summed E-state index contributed by atoms with van der Waals surface area (Å²) in [4.78, 5) is 25.6. The number of nitrogens with one attached hydrogen (secondary N) is 2. The average molecular weight is 237 g/mol. The van der Waals surface area contributed by atoms with Crippen LogP contribution in [0.5, 0.6) is 0 Å². The first-order valence-corrected chi connectivity index (χ1v) is 6.56. The SMILES string of the molecule is O=C1NCC2C1CCCN2C(=O)CNC1CC1. The third-order valence-corrected chi connectivity index (χ3v) is 4.04. The second-order valence-electron chi connectivity index (χ2n) is 5.30. The molecule has 0 bridgehead atoms. The summed E-state index contributed by atoms with van der Waals surface area (Å²) in [5, 5.41) is 6.12. The number of carbonyl (C=O) groups excluding carboxylic acids is 2. The average Bonchev–Trinajstić information content (AvgIpc) is 3.10. The Morgan fingerprint density at radius 1 is 1.41 bits per heavy atom. The zero-order chi connectivity index (χ0) is 11.8. The summed E-state index contributed by atoms with van der Waals surface area (Å²) in [5.74, 6) is 0.319. The molecular formula is C12H19N3O2. The maximum atomic E-state index is 12.1. The van der Waals surface area contributed by atoms with Crippen molar-refractivity contribution < 1.29 is 9.59 Å². The Morgan fingerprint density at radius 3 is 3.00 bits per heavy atom. The van der Waals surface area contributed by atoms with Gasteiger partial charge in [-0.25, -0.2) is 0 Å². The van der Waals surface area contributed by atoms with Gasteiger partial charge in [0.25, 0.3) is 0 Å². The van der Waals surface area contributed by atoms with Gasteiger partial charge in [-0.3, -0.25) is 9.59 Å². The summed E-state index contributed by atoms with van der Waals surface area (Å²) < 4.78 is 0. The third-order valence-electron chi connectivity index (χ3n) is 4.04. The van der Waals surface area contributed by atoms with Gasteiger partial charge in [0.05, 0.1) is 18.5 Å². The molecule has 2 N–H and O–H groups in total. The summed E-state index contributed by atoms with van der Waals surface area (Å²) in [6, 6.07) is 0.660. The van der Waals surface area contributed by atoms with Crippen LogP contribution in [0.4, 0.5) is 0 Å². The van der Waals surface area contributed by atoms with Crippen molar-refractivity contribution in [2.24, 2.45) is 5.92 Å². The van der Waals surface area contributed by atoms with Gasteiger partial charge in [-0.2, -0.15) is 0 Å². The smallest absolute Gasteiger partial charge is 0.236 e. The molecule has 3 rings (SSSR count). The highest BCUT2D eigenvalue weighted by molar-refractivity contribution is 5.85. The van der Waals surface area contributed by atoms with Crippen LogP contribution in [0.2, 0.25) is 0 Å². The van der Waals surface area contributed by atoms with E-state index in [-0.39, 0.29) is 23.8 Å². The minimum Gasteiger partial charge on any atom is -0.354 e. The number of hydrogen-bond donors (Lipinski definition) is 2. The van der Waals surface area contributed by atoms with E-state index in [1.807, 2.05) is 4.90 Å². The van der Waals surface area contributed by atoms with Crippen LogP contribution in [-0.2, 0) is 9.59 Å². The number of likely N-dealkylation sites (tertiary alicyclic amines) is 1. The second kappa shape index (κ2) is 4.29. The summed E-state index contributed by atoms with van der Waals surface area (Å²) in [6.45, 7) is 1.88. The molecule has 2 aliphatic heterocycles. The molecule has 0 radical (unpaired) electrons. The standard InChI is InChI=1S/C12H19N3O2/c16-11(7-13-8-3-4-8)15-5-1-2-9-10(15)6-14-12(9)17/h8-10,13H,1-7H2,(H,14,17). The Labute approximate surface area is 101 Å². The fourth-order valence-corrected chi connectivity index (χ4v) is 2.88.